The monoisotopic (exact) mass is 202 g/mol. The summed E-state index contributed by atoms with van der Waals surface area (Å²) in [6.45, 7) is 5.66. The minimum Gasteiger partial charge on any atom is -0.517 e. The summed E-state index contributed by atoms with van der Waals surface area (Å²) >= 11 is 0. The standard InChI is InChI=1S/C8H14O4Si/c1-11-7(9)5-6-8(10)12-13(2,3)4/h5-6H,1-4H3/b6-5+. The van der Waals surface area contributed by atoms with Crippen molar-refractivity contribution in [3.8, 4) is 0 Å². The fourth-order valence-electron chi connectivity index (χ4n) is 0.540. The van der Waals surface area contributed by atoms with Crippen LogP contribution in [-0.4, -0.2) is 27.4 Å². The molecule has 0 amide bonds. The number of hydrogen-bond donors (Lipinski definition) is 0. The third-order valence-corrected chi connectivity index (χ3v) is 1.78. The molecule has 0 N–H and O–H groups in total. The molecule has 5 heteroatoms. The molecule has 0 saturated carbocycles. The molecule has 4 nitrogen and oxygen atoms in total. The number of rotatable bonds is 3. The van der Waals surface area contributed by atoms with Crippen LogP contribution in [-0.2, 0) is 18.8 Å². The van der Waals surface area contributed by atoms with E-state index in [1.807, 2.05) is 19.6 Å². The molecule has 0 spiro atoms. The molecule has 0 saturated heterocycles. The third kappa shape index (κ3) is 7.26. The van der Waals surface area contributed by atoms with Crippen LogP contribution < -0.4 is 0 Å². The zero-order valence-corrected chi connectivity index (χ0v) is 9.29. The molecule has 0 atom stereocenters. The van der Waals surface area contributed by atoms with Crippen LogP contribution in [0.2, 0.25) is 19.6 Å². The van der Waals surface area contributed by atoms with Gasteiger partial charge in [0, 0.05) is 12.2 Å². The molecule has 0 aromatic rings. The van der Waals surface area contributed by atoms with E-state index in [0.717, 1.165) is 12.2 Å². The van der Waals surface area contributed by atoms with Gasteiger partial charge in [-0.15, -0.1) is 0 Å². The SMILES string of the molecule is COC(=O)/C=C/C(=O)O[Si](C)(C)C. The second kappa shape index (κ2) is 4.81. The lowest BCUT2D eigenvalue weighted by Gasteiger charge is -2.15. The maximum atomic E-state index is 11.0. The summed E-state index contributed by atoms with van der Waals surface area (Å²) in [5.41, 5.74) is 0. The first kappa shape index (κ1) is 11.9. The van der Waals surface area contributed by atoms with Gasteiger partial charge in [0.1, 0.15) is 0 Å². The highest BCUT2D eigenvalue weighted by molar-refractivity contribution is 6.71. The van der Waals surface area contributed by atoms with Crippen LogP contribution in [0.1, 0.15) is 0 Å². The van der Waals surface area contributed by atoms with Crippen molar-refractivity contribution >= 4 is 20.3 Å². The Kier molecular flexibility index (Phi) is 4.40. The van der Waals surface area contributed by atoms with Crippen molar-refractivity contribution in [2.24, 2.45) is 0 Å². The Morgan fingerprint density at radius 3 is 1.92 bits per heavy atom. The van der Waals surface area contributed by atoms with Crippen LogP contribution in [0.15, 0.2) is 12.2 Å². The summed E-state index contributed by atoms with van der Waals surface area (Å²) in [7, 11) is -0.609. The lowest BCUT2D eigenvalue weighted by Crippen LogP contribution is -2.28. The van der Waals surface area contributed by atoms with Gasteiger partial charge in [-0.2, -0.15) is 0 Å². The highest BCUT2D eigenvalue weighted by Crippen LogP contribution is 2.02. The van der Waals surface area contributed by atoms with Crippen LogP contribution in [0, 0.1) is 0 Å². The Morgan fingerprint density at radius 2 is 1.54 bits per heavy atom. The Labute approximate surface area is 78.7 Å². The highest BCUT2D eigenvalue weighted by atomic mass is 28.4. The van der Waals surface area contributed by atoms with Crippen LogP contribution in [0.4, 0.5) is 0 Å². The average molecular weight is 202 g/mol. The summed E-state index contributed by atoms with van der Waals surface area (Å²) in [5, 5.41) is 0. The predicted molar refractivity (Wildman–Crippen MR) is 50.6 cm³/mol. The van der Waals surface area contributed by atoms with Gasteiger partial charge in [0.2, 0.25) is 8.32 Å². The minimum absolute atomic E-state index is 0.496. The molecule has 0 heterocycles. The first-order chi connectivity index (χ1) is 5.85. The van der Waals surface area contributed by atoms with E-state index in [0.29, 0.717) is 0 Å². The van der Waals surface area contributed by atoms with E-state index >= 15 is 0 Å². The Hall–Kier alpha value is -1.10. The molecule has 0 fully saturated rings. The maximum Gasteiger partial charge on any atom is 0.330 e. The summed E-state index contributed by atoms with van der Waals surface area (Å²) in [5.74, 6) is -1.06. The van der Waals surface area contributed by atoms with Crippen molar-refractivity contribution in [3.05, 3.63) is 12.2 Å². The van der Waals surface area contributed by atoms with Gasteiger partial charge in [0.25, 0.3) is 0 Å². The van der Waals surface area contributed by atoms with E-state index in [4.69, 9.17) is 4.43 Å². The number of methoxy groups -OCH3 is 1. The fraction of sp³-hybridized carbons (Fsp3) is 0.500. The van der Waals surface area contributed by atoms with Gasteiger partial charge in [-0.1, -0.05) is 0 Å². The molecular formula is C8H14O4Si. The quantitative estimate of drug-likeness (QED) is 0.390. The maximum absolute atomic E-state index is 11.0. The molecular weight excluding hydrogens is 188 g/mol. The van der Waals surface area contributed by atoms with Crippen LogP contribution in [0.5, 0.6) is 0 Å². The summed E-state index contributed by atoms with van der Waals surface area (Å²) in [4.78, 5) is 21.6. The van der Waals surface area contributed by atoms with Gasteiger partial charge in [0.05, 0.1) is 7.11 Å². The Morgan fingerprint density at radius 1 is 1.08 bits per heavy atom. The predicted octanol–water partition coefficient (Wildman–Crippen LogP) is 1.09. The molecule has 0 aromatic heterocycles. The number of ether oxygens (including phenoxy) is 1. The molecule has 74 valence electrons. The van der Waals surface area contributed by atoms with E-state index in [1.54, 1.807) is 0 Å². The molecule has 0 aliphatic heterocycles. The van der Waals surface area contributed by atoms with E-state index in [-0.39, 0.29) is 0 Å². The number of hydrogen-bond acceptors (Lipinski definition) is 4. The lowest BCUT2D eigenvalue weighted by atomic mass is 10.5. The van der Waals surface area contributed by atoms with E-state index in [9.17, 15) is 9.59 Å². The fourth-order valence-corrected chi connectivity index (χ4v) is 1.21. The lowest BCUT2D eigenvalue weighted by molar-refractivity contribution is -0.136. The zero-order chi connectivity index (χ0) is 10.5. The highest BCUT2D eigenvalue weighted by Gasteiger charge is 2.18. The Bertz CT molecular complexity index is 227. The first-order valence-electron chi connectivity index (χ1n) is 3.84. The van der Waals surface area contributed by atoms with Crippen molar-refractivity contribution in [3.63, 3.8) is 0 Å². The normalized spacial score (nSPS) is 11.4. The van der Waals surface area contributed by atoms with Crippen molar-refractivity contribution < 1.29 is 18.8 Å². The third-order valence-electron chi connectivity index (χ3n) is 0.963. The molecule has 0 aliphatic carbocycles. The van der Waals surface area contributed by atoms with Gasteiger partial charge in [-0.3, -0.25) is 0 Å². The zero-order valence-electron chi connectivity index (χ0n) is 8.29. The molecule has 0 aromatic carbocycles. The molecule has 0 bridgehead atoms. The molecule has 0 unspecified atom stereocenters. The topological polar surface area (TPSA) is 52.6 Å². The van der Waals surface area contributed by atoms with Crippen LogP contribution in [0.3, 0.4) is 0 Å². The van der Waals surface area contributed by atoms with E-state index in [1.165, 1.54) is 7.11 Å². The van der Waals surface area contributed by atoms with Crippen molar-refractivity contribution in [2.45, 2.75) is 19.6 Å². The average Bonchev–Trinajstić information content (AvgIpc) is 1.97. The smallest absolute Gasteiger partial charge is 0.330 e. The van der Waals surface area contributed by atoms with Crippen LogP contribution >= 0.6 is 0 Å². The van der Waals surface area contributed by atoms with Crippen molar-refractivity contribution in [2.75, 3.05) is 7.11 Å². The number of carbonyl (C=O) groups is 2. The summed E-state index contributed by atoms with van der Waals surface area (Å²) in [6.07, 6.45) is 2.12. The first-order valence-corrected chi connectivity index (χ1v) is 7.25. The van der Waals surface area contributed by atoms with Gasteiger partial charge in [-0.05, 0) is 19.6 Å². The summed E-state index contributed by atoms with van der Waals surface area (Å²) < 4.78 is 9.35. The molecule has 0 rings (SSSR count). The van der Waals surface area contributed by atoms with Crippen LogP contribution in [0.25, 0.3) is 0 Å². The number of esters is 1. The Balaban J connectivity index is 4.02. The second-order valence-corrected chi connectivity index (χ2v) is 7.82. The van der Waals surface area contributed by atoms with Crippen molar-refractivity contribution in [1.82, 2.24) is 0 Å². The van der Waals surface area contributed by atoms with Crippen molar-refractivity contribution in [1.29, 1.82) is 0 Å². The summed E-state index contributed by atoms with van der Waals surface area (Å²) in [6, 6.07) is 0. The van der Waals surface area contributed by atoms with Gasteiger partial charge in [0.15, 0.2) is 0 Å². The number of carbonyl (C=O) groups excluding carboxylic acids is 2. The molecule has 0 radical (unpaired) electrons. The van der Waals surface area contributed by atoms with E-state index < -0.39 is 20.3 Å². The largest absolute Gasteiger partial charge is 0.517 e. The van der Waals surface area contributed by atoms with Gasteiger partial charge < -0.3 is 9.16 Å². The van der Waals surface area contributed by atoms with Gasteiger partial charge in [-0.25, -0.2) is 9.59 Å². The molecule has 13 heavy (non-hydrogen) atoms. The second-order valence-electron chi connectivity index (χ2n) is 3.39. The van der Waals surface area contributed by atoms with E-state index in [2.05, 4.69) is 4.74 Å². The minimum atomic E-state index is -1.86. The van der Waals surface area contributed by atoms with Gasteiger partial charge >= 0.3 is 11.9 Å². The molecule has 0 aliphatic rings.